The number of aromatic nitrogens is 3. The Balaban J connectivity index is 2.07. The van der Waals surface area contributed by atoms with Crippen LogP contribution in [0.1, 0.15) is 15.7 Å². The largest absolute Gasteiger partial charge is 0.363 e. The standard InChI is InChI=1S/C10H12N4OS/c1-6-4-12-10(16-6)5-11-8-3-9(15)14-7(2)13-8/h3-4H,5H2,1-2H3,(H2,11,13,14,15). The lowest BCUT2D eigenvalue weighted by Crippen LogP contribution is -2.11. The minimum absolute atomic E-state index is 0.148. The Hall–Kier alpha value is -1.69. The first-order valence-corrected chi connectivity index (χ1v) is 5.68. The highest BCUT2D eigenvalue weighted by Crippen LogP contribution is 2.12. The number of hydrogen-bond donors (Lipinski definition) is 2. The average Bonchev–Trinajstić information content (AvgIpc) is 2.60. The van der Waals surface area contributed by atoms with Gasteiger partial charge < -0.3 is 10.3 Å². The van der Waals surface area contributed by atoms with Crippen LogP contribution in [0.3, 0.4) is 0 Å². The van der Waals surface area contributed by atoms with Gasteiger partial charge in [0.25, 0.3) is 5.56 Å². The van der Waals surface area contributed by atoms with Crippen LogP contribution in [0.2, 0.25) is 0 Å². The van der Waals surface area contributed by atoms with Gasteiger partial charge in [-0.05, 0) is 13.8 Å². The highest BCUT2D eigenvalue weighted by Gasteiger charge is 2.00. The maximum absolute atomic E-state index is 11.2. The quantitative estimate of drug-likeness (QED) is 0.846. The van der Waals surface area contributed by atoms with Crippen molar-refractivity contribution in [1.82, 2.24) is 15.0 Å². The minimum atomic E-state index is -0.148. The van der Waals surface area contributed by atoms with Gasteiger partial charge in [-0.15, -0.1) is 11.3 Å². The van der Waals surface area contributed by atoms with E-state index in [1.54, 1.807) is 18.3 Å². The van der Waals surface area contributed by atoms with Crippen LogP contribution in [0.5, 0.6) is 0 Å². The van der Waals surface area contributed by atoms with Gasteiger partial charge in [-0.3, -0.25) is 4.79 Å². The summed E-state index contributed by atoms with van der Waals surface area (Å²) in [5, 5.41) is 4.06. The highest BCUT2D eigenvalue weighted by atomic mass is 32.1. The van der Waals surface area contributed by atoms with Crippen LogP contribution >= 0.6 is 11.3 Å². The summed E-state index contributed by atoms with van der Waals surface area (Å²) in [7, 11) is 0. The number of rotatable bonds is 3. The van der Waals surface area contributed by atoms with Crippen LogP contribution in [0.4, 0.5) is 5.82 Å². The van der Waals surface area contributed by atoms with Gasteiger partial charge >= 0.3 is 0 Å². The second-order valence-corrected chi connectivity index (χ2v) is 4.75. The number of H-pyrrole nitrogens is 1. The van der Waals surface area contributed by atoms with Gasteiger partial charge in [0.2, 0.25) is 0 Å². The molecule has 0 saturated carbocycles. The fourth-order valence-corrected chi connectivity index (χ4v) is 2.05. The molecule has 0 aromatic carbocycles. The third kappa shape index (κ3) is 2.66. The van der Waals surface area contributed by atoms with Gasteiger partial charge in [0, 0.05) is 17.1 Å². The number of nitrogens with one attached hydrogen (secondary N) is 2. The predicted octanol–water partition coefficient (Wildman–Crippen LogP) is 1.46. The van der Waals surface area contributed by atoms with E-state index in [2.05, 4.69) is 20.3 Å². The zero-order valence-electron chi connectivity index (χ0n) is 9.07. The summed E-state index contributed by atoms with van der Waals surface area (Å²) in [5.74, 6) is 1.18. The third-order valence-corrected chi connectivity index (χ3v) is 2.86. The lowest BCUT2D eigenvalue weighted by molar-refractivity contribution is 0.992. The molecule has 2 rings (SSSR count). The molecular weight excluding hydrogens is 224 g/mol. The number of thiazole rings is 1. The zero-order chi connectivity index (χ0) is 11.5. The Kier molecular flexibility index (Phi) is 3.00. The van der Waals surface area contributed by atoms with Gasteiger partial charge in [0.15, 0.2) is 0 Å². The molecule has 84 valence electrons. The first kappa shape index (κ1) is 10.8. The predicted molar refractivity (Wildman–Crippen MR) is 63.8 cm³/mol. The summed E-state index contributed by atoms with van der Waals surface area (Å²) in [6.07, 6.45) is 1.83. The van der Waals surface area contributed by atoms with E-state index in [0.717, 1.165) is 5.01 Å². The van der Waals surface area contributed by atoms with E-state index in [4.69, 9.17) is 0 Å². The molecule has 0 saturated heterocycles. The third-order valence-electron chi connectivity index (χ3n) is 1.95. The highest BCUT2D eigenvalue weighted by molar-refractivity contribution is 7.11. The average molecular weight is 236 g/mol. The molecule has 2 N–H and O–H groups in total. The Labute approximate surface area is 96.6 Å². The molecule has 0 bridgehead atoms. The zero-order valence-corrected chi connectivity index (χ0v) is 9.89. The van der Waals surface area contributed by atoms with E-state index in [0.29, 0.717) is 18.2 Å². The summed E-state index contributed by atoms with van der Waals surface area (Å²) in [6.45, 7) is 4.35. The van der Waals surface area contributed by atoms with Crippen molar-refractivity contribution in [3.05, 3.63) is 38.3 Å². The minimum Gasteiger partial charge on any atom is -0.363 e. The maximum atomic E-state index is 11.2. The van der Waals surface area contributed by atoms with Gasteiger partial charge in [-0.2, -0.15) is 0 Å². The van der Waals surface area contributed by atoms with E-state index in [1.165, 1.54) is 10.9 Å². The van der Waals surface area contributed by atoms with Crippen LogP contribution in [-0.2, 0) is 6.54 Å². The van der Waals surface area contributed by atoms with Crippen molar-refractivity contribution in [2.45, 2.75) is 20.4 Å². The number of anilines is 1. The van der Waals surface area contributed by atoms with Crippen LogP contribution in [0.25, 0.3) is 0 Å². The molecule has 0 aliphatic heterocycles. The molecule has 0 radical (unpaired) electrons. The molecule has 2 aromatic heterocycles. The summed E-state index contributed by atoms with van der Waals surface area (Å²) in [6, 6.07) is 1.44. The molecule has 0 amide bonds. The van der Waals surface area contributed by atoms with E-state index in [1.807, 2.05) is 13.1 Å². The number of aryl methyl sites for hydroxylation is 2. The smallest absolute Gasteiger partial charge is 0.252 e. The van der Waals surface area contributed by atoms with E-state index in [9.17, 15) is 4.79 Å². The molecule has 0 unspecified atom stereocenters. The molecule has 6 heteroatoms. The van der Waals surface area contributed by atoms with E-state index < -0.39 is 0 Å². The maximum Gasteiger partial charge on any atom is 0.252 e. The van der Waals surface area contributed by atoms with Gasteiger partial charge in [-0.1, -0.05) is 0 Å². The van der Waals surface area contributed by atoms with Crippen molar-refractivity contribution < 1.29 is 0 Å². The Morgan fingerprint density at radius 3 is 2.94 bits per heavy atom. The lowest BCUT2D eigenvalue weighted by atomic mass is 10.5. The summed E-state index contributed by atoms with van der Waals surface area (Å²) >= 11 is 1.63. The van der Waals surface area contributed by atoms with Crippen molar-refractivity contribution in [2.75, 3.05) is 5.32 Å². The van der Waals surface area contributed by atoms with Crippen molar-refractivity contribution in [2.24, 2.45) is 0 Å². The van der Waals surface area contributed by atoms with Crippen LogP contribution in [-0.4, -0.2) is 15.0 Å². The molecular formula is C10H12N4OS. The molecule has 16 heavy (non-hydrogen) atoms. The second-order valence-electron chi connectivity index (χ2n) is 3.43. The van der Waals surface area contributed by atoms with Crippen LogP contribution in [0.15, 0.2) is 17.1 Å². The first-order chi connectivity index (χ1) is 7.63. The van der Waals surface area contributed by atoms with Crippen molar-refractivity contribution in [3.63, 3.8) is 0 Å². The van der Waals surface area contributed by atoms with E-state index in [-0.39, 0.29) is 5.56 Å². The molecule has 2 aromatic rings. The van der Waals surface area contributed by atoms with Gasteiger partial charge in [0.05, 0.1) is 6.54 Å². The topological polar surface area (TPSA) is 70.7 Å². The monoisotopic (exact) mass is 236 g/mol. The van der Waals surface area contributed by atoms with Crippen molar-refractivity contribution in [3.8, 4) is 0 Å². The molecule has 0 spiro atoms. The summed E-state index contributed by atoms with van der Waals surface area (Å²) < 4.78 is 0. The molecule has 0 fully saturated rings. The molecule has 2 heterocycles. The molecule has 0 aliphatic rings. The van der Waals surface area contributed by atoms with Crippen LogP contribution in [0, 0.1) is 13.8 Å². The van der Waals surface area contributed by atoms with Crippen LogP contribution < -0.4 is 10.9 Å². The fraction of sp³-hybridized carbons (Fsp3) is 0.300. The number of hydrogen-bond acceptors (Lipinski definition) is 5. The Morgan fingerprint density at radius 2 is 2.31 bits per heavy atom. The number of nitrogens with zero attached hydrogens (tertiary/aromatic N) is 2. The first-order valence-electron chi connectivity index (χ1n) is 4.86. The Bertz CT molecular complexity index is 546. The second kappa shape index (κ2) is 4.44. The van der Waals surface area contributed by atoms with E-state index >= 15 is 0 Å². The summed E-state index contributed by atoms with van der Waals surface area (Å²) in [4.78, 5) is 23.3. The number of aromatic amines is 1. The van der Waals surface area contributed by atoms with Gasteiger partial charge in [-0.25, -0.2) is 9.97 Å². The van der Waals surface area contributed by atoms with Crippen molar-refractivity contribution >= 4 is 17.2 Å². The fourth-order valence-electron chi connectivity index (χ4n) is 1.32. The van der Waals surface area contributed by atoms with Crippen molar-refractivity contribution in [1.29, 1.82) is 0 Å². The SMILES string of the molecule is Cc1nc(NCc2ncc(C)s2)cc(=O)[nH]1. The Morgan fingerprint density at radius 1 is 1.50 bits per heavy atom. The normalized spacial score (nSPS) is 10.4. The van der Waals surface area contributed by atoms with Gasteiger partial charge in [0.1, 0.15) is 16.6 Å². The molecule has 5 nitrogen and oxygen atoms in total. The lowest BCUT2D eigenvalue weighted by Gasteiger charge is -2.02. The molecule has 0 atom stereocenters. The summed E-state index contributed by atoms with van der Waals surface area (Å²) in [5.41, 5.74) is -0.148. The molecule has 0 aliphatic carbocycles.